The average Bonchev–Trinajstić information content (AvgIpc) is 2.87. The molecule has 23 heavy (non-hydrogen) atoms. The minimum absolute atomic E-state index is 0.0838. The smallest absolute Gasteiger partial charge is 0.412 e. The van der Waals surface area contributed by atoms with E-state index in [2.05, 4.69) is 10.5 Å². The number of aromatic carboxylic acids is 1. The molecule has 0 radical (unpaired) electrons. The molecular weight excluding hydrogens is 304 g/mol. The number of aromatic nitrogens is 1. The molecular formula is C15H16N2O6. The van der Waals surface area contributed by atoms with Crippen LogP contribution in [0.5, 0.6) is 5.75 Å². The lowest BCUT2D eigenvalue weighted by Crippen LogP contribution is -2.27. The number of carbonyl (C=O) groups is 2. The molecule has 2 aromatic rings. The molecule has 0 atom stereocenters. The van der Waals surface area contributed by atoms with Gasteiger partial charge in [0.15, 0.2) is 5.76 Å². The maximum absolute atomic E-state index is 11.9. The molecule has 0 aliphatic carbocycles. The molecule has 0 saturated heterocycles. The zero-order chi connectivity index (χ0) is 17.2. The third kappa shape index (κ3) is 4.00. The highest BCUT2D eigenvalue weighted by Crippen LogP contribution is 2.34. The number of rotatable bonds is 3. The maximum Gasteiger partial charge on any atom is 0.412 e. The SMILES string of the molecule is CC(C)(C)OC(=O)Nc1ccc(O)cc1-c1oncc1C(=O)O. The van der Waals surface area contributed by atoms with Crippen molar-refractivity contribution >= 4 is 17.7 Å². The number of carbonyl (C=O) groups excluding carboxylic acids is 1. The van der Waals surface area contributed by atoms with Crippen LogP contribution in [-0.4, -0.2) is 33.0 Å². The van der Waals surface area contributed by atoms with Crippen LogP contribution in [0.2, 0.25) is 0 Å². The number of hydrogen-bond donors (Lipinski definition) is 3. The summed E-state index contributed by atoms with van der Waals surface area (Å²) >= 11 is 0. The number of ether oxygens (including phenoxy) is 1. The van der Waals surface area contributed by atoms with Gasteiger partial charge in [-0.3, -0.25) is 5.32 Å². The van der Waals surface area contributed by atoms with E-state index < -0.39 is 17.7 Å². The van der Waals surface area contributed by atoms with Crippen molar-refractivity contribution in [2.75, 3.05) is 5.32 Å². The van der Waals surface area contributed by atoms with Gasteiger partial charge in [0.05, 0.1) is 11.9 Å². The van der Waals surface area contributed by atoms with Gasteiger partial charge in [-0.05, 0) is 39.0 Å². The van der Waals surface area contributed by atoms with Crippen molar-refractivity contribution in [2.45, 2.75) is 26.4 Å². The molecule has 1 aromatic carbocycles. The van der Waals surface area contributed by atoms with E-state index in [-0.39, 0.29) is 28.3 Å². The summed E-state index contributed by atoms with van der Waals surface area (Å²) in [5, 5.41) is 24.7. The second-order valence-electron chi connectivity index (χ2n) is 5.73. The predicted molar refractivity (Wildman–Crippen MR) is 80.4 cm³/mol. The van der Waals surface area contributed by atoms with Crippen molar-refractivity contribution in [1.82, 2.24) is 5.16 Å². The number of anilines is 1. The predicted octanol–water partition coefficient (Wildman–Crippen LogP) is 3.09. The van der Waals surface area contributed by atoms with Crippen LogP contribution in [0.4, 0.5) is 10.5 Å². The molecule has 122 valence electrons. The fourth-order valence-corrected chi connectivity index (χ4v) is 1.83. The van der Waals surface area contributed by atoms with E-state index in [1.807, 2.05) is 0 Å². The Hall–Kier alpha value is -3.03. The first-order valence-electron chi connectivity index (χ1n) is 6.69. The van der Waals surface area contributed by atoms with Crippen molar-refractivity contribution in [3.05, 3.63) is 30.0 Å². The van der Waals surface area contributed by atoms with Gasteiger partial charge in [-0.2, -0.15) is 0 Å². The highest BCUT2D eigenvalue weighted by atomic mass is 16.6. The zero-order valence-corrected chi connectivity index (χ0v) is 12.8. The Morgan fingerprint density at radius 2 is 2.00 bits per heavy atom. The Kier molecular flexibility index (Phi) is 4.26. The van der Waals surface area contributed by atoms with Gasteiger partial charge >= 0.3 is 12.1 Å². The van der Waals surface area contributed by atoms with Gasteiger partial charge in [0.2, 0.25) is 0 Å². The topological polar surface area (TPSA) is 122 Å². The van der Waals surface area contributed by atoms with Crippen LogP contribution in [0, 0.1) is 0 Å². The van der Waals surface area contributed by atoms with Gasteiger partial charge in [-0.15, -0.1) is 0 Å². The molecule has 0 unspecified atom stereocenters. The number of benzene rings is 1. The van der Waals surface area contributed by atoms with E-state index in [1.165, 1.54) is 18.2 Å². The fourth-order valence-electron chi connectivity index (χ4n) is 1.83. The van der Waals surface area contributed by atoms with Crippen LogP contribution in [0.25, 0.3) is 11.3 Å². The van der Waals surface area contributed by atoms with Crippen LogP contribution in [0.1, 0.15) is 31.1 Å². The second-order valence-corrected chi connectivity index (χ2v) is 5.73. The lowest BCUT2D eigenvalue weighted by molar-refractivity contribution is 0.0634. The number of aromatic hydroxyl groups is 1. The number of phenols is 1. The summed E-state index contributed by atoms with van der Waals surface area (Å²) in [5.41, 5.74) is -0.496. The summed E-state index contributed by atoms with van der Waals surface area (Å²) in [6.45, 7) is 5.13. The summed E-state index contributed by atoms with van der Waals surface area (Å²) in [6.07, 6.45) is 0.319. The van der Waals surface area contributed by atoms with Crippen LogP contribution in [-0.2, 0) is 4.74 Å². The van der Waals surface area contributed by atoms with Gasteiger partial charge in [-0.1, -0.05) is 5.16 Å². The molecule has 3 N–H and O–H groups in total. The Morgan fingerprint density at radius 3 is 2.61 bits per heavy atom. The van der Waals surface area contributed by atoms with Gasteiger partial charge in [0.25, 0.3) is 0 Å². The molecule has 1 heterocycles. The van der Waals surface area contributed by atoms with Crippen molar-refractivity contribution in [2.24, 2.45) is 0 Å². The monoisotopic (exact) mass is 320 g/mol. The molecule has 8 heteroatoms. The van der Waals surface area contributed by atoms with Crippen LogP contribution in [0.15, 0.2) is 28.9 Å². The van der Waals surface area contributed by atoms with E-state index in [4.69, 9.17) is 14.4 Å². The summed E-state index contributed by atoms with van der Waals surface area (Å²) in [6, 6.07) is 4.01. The Balaban J connectivity index is 2.40. The molecule has 0 aliphatic heterocycles. The maximum atomic E-state index is 11.9. The average molecular weight is 320 g/mol. The third-order valence-corrected chi connectivity index (χ3v) is 2.68. The lowest BCUT2D eigenvalue weighted by atomic mass is 10.1. The summed E-state index contributed by atoms with van der Waals surface area (Å²) in [7, 11) is 0. The Bertz CT molecular complexity index is 745. The van der Waals surface area contributed by atoms with Crippen molar-refractivity contribution in [3.63, 3.8) is 0 Å². The third-order valence-electron chi connectivity index (χ3n) is 2.68. The molecule has 2 rings (SSSR count). The van der Waals surface area contributed by atoms with Gasteiger partial charge in [-0.25, -0.2) is 9.59 Å². The van der Waals surface area contributed by atoms with Crippen LogP contribution < -0.4 is 5.32 Å². The molecule has 0 fully saturated rings. The Morgan fingerprint density at radius 1 is 1.30 bits per heavy atom. The second kappa shape index (κ2) is 5.99. The quantitative estimate of drug-likeness (QED) is 0.743. The van der Waals surface area contributed by atoms with E-state index in [0.29, 0.717) is 0 Å². The Labute approximate surface area is 131 Å². The molecule has 0 saturated carbocycles. The largest absolute Gasteiger partial charge is 0.508 e. The van der Waals surface area contributed by atoms with Crippen LogP contribution >= 0.6 is 0 Å². The van der Waals surface area contributed by atoms with Crippen molar-refractivity contribution in [1.29, 1.82) is 0 Å². The minimum Gasteiger partial charge on any atom is -0.508 e. The molecule has 1 amide bonds. The van der Waals surface area contributed by atoms with E-state index in [0.717, 1.165) is 6.20 Å². The van der Waals surface area contributed by atoms with Crippen molar-refractivity contribution in [3.8, 4) is 17.1 Å². The number of amides is 1. The molecule has 0 aliphatic rings. The van der Waals surface area contributed by atoms with Crippen molar-refractivity contribution < 1.29 is 29.1 Å². The zero-order valence-electron chi connectivity index (χ0n) is 12.8. The molecule has 8 nitrogen and oxygen atoms in total. The number of carboxylic acids is 1. The first-order chi connectivity index (χ1) is 10.7. The van der Waals surface area contributed by atoms with E-state index in [1.54, 1.807) is 20.8 Å². The first kappa shape index (κ1) is 16.3. The highest BCUT2D eigenvalue weighted by Gasteiger charge is 2.22. The van der Waals surface area contributed by atoms with Gasteiger partial charge in [0.1, 0.15) is 16.9 Å². The highest BCUT2D eigenvalue weighted by molar-refractivity contribution is 5.98. The van der Waals surface area contributed by atoms with Gasteiger partial charge in [0, 0.05) is 5.56 Å². The van der Waals surface area contributed by atoms with Gasteiger partial charge < -0.3 is 19.5 Å². The normalized spacial score (nSPS) is 11.1. The first-order valence-corrected chi connectivity index (χ1v) is 6.69. The fraction of sp³-hybridized carbons (Fsp3) is 0.267. The lowest BCUT2D eigenvalue weighted by Gasteiger charge is -2.20. The van der Waals surface area contributed by atoms with E-state index >= 15 is 0 Å². The van der Waals surface area contributed by atoms with E-state index in [9.17, 15) is 14.7 Å². The minimum atomic E-state index is -1.24. The number of carboxylic acid groups (broad SMARTS) is 1. The van der Waals surface area contributed by atoms with Crippen LogP contribution in [0.3, 0.4) is 0 Å². The summed E-state index contributed by atoms with van der Waals surface area (Å²) in [5.74, 6) is -1.45. The standard InChI is InChI=1S/C15H16N2O6/c1-15(2,3)22-14(21)17-11-5-4-8(18)6-9(11)12-10(13(19)20)7-16-23-12/h4-7,18H,1-3H3,(H,17,21)(H,19,20). The molecule has 1 aromatic heterocycles. The number of nitrogens with zero attached hydrogens (tertiary/aromatic N) is 1. The number of nitrogens with one attached hydrogen (secondary N) is 1. The summed E-state index contributed by atoms with van der Waals surface area (Å²) in [4.78, 5) is 23.1. The molecule has 0 spiro atoms. The molecule has 0 bridgehead atoms. The summed E-state index contributed by atoms with van der Waals surface area (Å²) < 4.78 is 10.1. The number of phenolic OH excluding ortho intramolecular Hbond substituents is 1. The number of hydrogen-bond acceptors (Lipinski definition) is 6.